The fraction of sp³-hybridized carbons (Fsp3) is 0.857. The molecule has 3 saturated carbocycles. The number of aliphatic hydroxyl groups is 1. The van der Waals surface area contributed by atoms with Gasteiger partial charge in [-0.3, -0.25) is 4.84 Å². The maximum Gasteiger partial charge on any atom is 0.436 e. The van der Waals surface area contributed by atoms with E-state index < -0.39 is 0 Å². The number of allylic oxidation sites excluding steroid dienone is 1. The van der Waals surface area contributed by atoms with Crippen LogP contribution < -0.4 is 5.32 Å². The number of likely N-dealkylation sites (N-methyl/N-ethyl adjacent to an activating group) is 2. The number of aliphatic hydroxyl groups excluding tert-OH is 1. The van der Waals surface area contributed by atoms with Gasteiger partial charge < -0.3 is 15.3 Å². The van der Waals surface area contributed by atoms with Crippen LogP contribution in [0, 0.1) is 34.5 Å². The number of rotatable bonds is 7. The molecule has 0 heterocycles. The summed E-state index contributed by atoms with van der Waals surface area (Å²) in [5.74, 6) is 2.55. The molecule has 4 rings (SSSR count). The lowest BCUT2D eigenvalue weighted by atomic mass is 9.47. The van der Waals surface area contributed by atoms with Crippen molar-refractivity contribution < 1.29 is 14.7 Å². The lowest BCUT2D eigenvalue weighted by Gasteiger charge is -2.58. The summed E-state index contributed by atoms with van der Waals surface area (Å²) >= 11 is 0. The van der Waals surface area contributed by atoms with Gasteiger partial charge in [-0.05, 0) is 100 Å². The molecule has 4 aliphatic rings. The molecule has 0 bridgehead atoms. The second-order valence-electron chi connectivity index (χ2n) is 11.9. The number of carbonyl (C=O) groups is 1. The monoisotopic (exact) mass is 473 g/mol. The molecule has 0 aromatic carbocycles. The Labute approximate surface area is 206 Å². The van der Waals surface area contributed by atoms with Gasteiger partial charge in [0.25, 0.3) is 0 Å². The fourth-order valence-corrected chi connectivity index (χ4v) is 8.33. The van der Waals surface area contributed by atoms with Crippen molar-refractivity contribution in [2.75, 3.05) is 26.2 Å². The largest absolute Gasteiger partial charge is 0.436 e. The number of carbonyl (C=O) groups excluding carboxylic acids is 1. The Kier molecular flexibility index (Phi) is 7.78. The first kappa shape index (κ1) is 25.7. The molecule has 0 aromatic heterocycles. The third-order valence-corrected chi connectivity index (χ3v) is 10.3. The van der Waals surface area contributed by atoms with Crippen LogP contribution in [0.5, 0.6) is 0 Å². The molecule has 4 aliphatic carbocycles. The van der Waals surface area contributed by atoms with Crippen LogP contribution in [0.3, 0.4) is 0 Å². The van der Waals surface area contributed by atoms with Gasteiger partial charge in [0.2, 0.25) is 0 Å². The molecule has 7 atom stereocenters. The van der Waals surface area contributed by atoms with Crippen LogP contribution in [0.25, 0.3) is 0 Å². The molecular formula is C28H47N3O3. The summed E-state index contributed by atoms with van der Waals surface area (Å²) in [6.45, 7) is 14.0. The molecule has 192 valence electrons. The standard InChI is InChI=1S/C28H47N3O3/c1-6-29-16-17-31(7-2)26(33)34-30-19(3)23-10-11-24-22-9-8-20-18-21(32)12-14-27(20,4)25(22)13-15-28(23,24)5/h8,21-25,29,32H,6-7,9-18H2,1-5H3/b30-19+/t21-,22-,23+,24-,25-,27-,28+/m0/s1. The predicted octanol–water partition coefficient (Wildman–Crippen LogP) is 5.37. The van der Waals surface area contributed by atoms with Crippen molar-refractivity contribution in [2.45, 2.75) is 92.1 Å². The van der Waals surface area contributed by atoms with E-state index in [0.29, 0.717) is 24.9 Å². The van der Waals surface area contributed by atoms with E-state index in [0.717, 1.165) is 62.7 Å². The molecule has 34 heavy (non-hydrogen) atoms. The molecule has 3 fully saturated rings. The van der Waals surface area contributed by atoms with E-state index in [2.05, 4.69) is 44.2 Å². The Morgan fingerprint density at radius 2 is 2.00 bits per heavy atom. The van der Waals surface area contributed by atoms with Crippen molar-refractivity contribution >= 4 is 11.8 Å². The summed E-state index contributed by atoms with van der Waals surface area (Å²) < 4.78 is 0. The second kappa shape index (κ2) is 10.3. The number of amides is 1. The van der Waals surface area contributed by atoms with Gasteiger partial charge in [0.1, 0.15) is 0 Å². The zero-order chi connectivity index (χ0) is 24.5. The SMILES string of the molecule is CCNCCN(CC)C(=O)O/N=C(\C)[C@H]1CC[C@H]2[C@@H]3CC=C4C[C@@H](O)CC[C@]4(C)[C@H]3CC[C@]12C. The normalized spacial score (nSPS) is 39.5. The minimum Gasteiger partial charge on any atom is -0.393 e. The lowest BCUT2D eigenvalue weighted by molar-refractivity contribution is -0.0426. The zero-order valence-electron chi connectivity index (χ0n) is 22.1. The van der Waals surface area contributed by atoms with E-state index in [9.17, 15) is 9.90 Å². The van der Waals surface area contributed by atoms with Gasteiger partial charge in [0, 0.05) is 25.6 Å². The topological polar surface area (TPSA) is 74.2 Å². The van der Waals surface area contributed by atoms with E-state index in [1.165, 1.54) is 24.8 Å². The summed E-state index contributed by atoms with van der Waals surface area (Å²) in [6, 6.07) is 0. The number of hydrogen-bond donors (Lipinski definition) is 2. The molecule has 0 radical (unpaired) electrons. The predicted molar refractivity (Wildman–Crippen MR) is 137 cm³/mol. The molecule has 0 unspecified atom stereocenters. The first-order chi connectivity index (χ1) is 16.2. The maximum atomic E-state index is 12.6. The smallest absolute Gasteiger partial charge is 0.393 e. The highest BCUT2D eigenvalue weighted by molar-refractivity contribution is 5.85. The number of nitrogens with one attached hydrogen (secondary N) is 1. The van der Waals surface area contributed by atoms with Gasteiger partial charge in [0.05, 0.1) is 11.8 Å². The average Bonchev–Trinajstić information content (AvgIpc) is 3.18. The highest BCUT2D eigenvalue weighted by Gasteiger charge is 2.59. The Hall–Kier alpha value is -1.40. The second-order valence-corrected chi connectivity index (χ2v) is 11.9. The van der Waals surface area contributed by atoms with Crippen molar-refractivity contribution in [3.8, 4) is 0 Å². The van der Waals surface area contributed by atoms with E-state index in [4.69, 9.17) is 4.84 Å². The first-order valence-electron chi connectivity index (χ1n) is 13.8. The van der Waals surface area contributed by atoms with Gasteiger partial charge >= 0.3 is 6.09 Å². The van der Waals surface area contributed by atoms with Crippen LogP contribution >= 0.6 is 0 Å². The van der Waals surface area contributed by atoms with E-state index in [-0.39, 0.29) is 23.0 Å². The Balaban J connectivity index is 1.44. The third kappa shape index (κ3) is 4.57. The maximum absolute atomic E-state index is 12.6. The first-order valence-corrected chi connectivity index (χ1v) is 13.8. The molecule has 0 aliphatic heterocycles. The van der Waals surface area contributed by atoms with Gasteiger partial charge in [-0.1, -0.05) is 37.6 Å². The molecule has 6 heteroatoms. The average molecular weight is 474 g/mol. The highest BCUT2D eigenvalue weighted by Crippen LogP contribution is 2.66. The molecule has 0 spiro atoms. The van der Waals surface area contributed by atoms with Crippen LogP contribution in [-0.4, -0.2) is 54.1 Å². The summed E-state index contributed by atoms with van der Waals surface area (Å²) in [5.41, 5.74) is 3.02. The Bertz CT molecular complexity index is 811. The summed E-state index contributed by atoms with van der Waals surface area (Å²) in [6.07, 6.45) is 11.0. The Morgan fingerprint density at radius 1 is 1.21 bits per heavy atom. The van der Waals surface area contributed by atoms with Crippen LogP contribution in [-0.2, 0) is 4.84 Å². The summed E-state index contributed by atoms with van der Waals surface area (Å²) in [5, 5.41) is 17.9. The fourth-order valence-electron chi connectivity index (χ4n) is 8.33. The molecule has 1 amide bonds. The molecule has 2 N–H and O–H groups in total. The van der Waals surface area contributed by atoms with Crippen molar-refractivity contribution in [1.29, 1.82) is 0 Å². The van der Waals surface area contributed by atoms with Crippen molar-refractivity contribution in [3.05, 3.63) is 11.6 Å². The van der Waals surface area contributed by atoms with E-state index in [1.54, 1.807) is 4.90 Å². The van der Waals surface area contributed by atoms with E-state index in [1.807, 2.05) is 6.92 Å². The Morgan fingerprint density at radius 3 is 2.74 bits per heavy atom. The van der Waals surface area contributed by atoms with Gasteiger partial charge in [0.15, 0.2) is 0 Å². The van der Waals surface area contributed by atoms with Crippen LogP contribution in [0.15, 0.2) is 16.8 Å². The van der Waals surface area contributed by atoms with E-state index >= 15 is 0 Å². The third-order valence-electron chi connectivity index (χ3n) is 10.3. The van der Waals surface area contributed by atoms with Crippen molar-refractivity contribution in [2.24, 2.45) is 39.7 Å². The minimum absolute atomic E-state index is 0.145. The lowest BCUT2D eigenvalue weighted by Crippen LogP contribution is -2.50. The van der Waals surface area contributed by atoms with Crippen molar-refractivity contribution in [3.63, 3.8) is 0 Å². The number of oxime groups is 1. The molecule has 0 saturated heterocycles. The number of fused-ring (bicyclic) bond motifs is 5. The highest BCUT2D eigenvalue weighted by atomic mass is 16.7. The quantitative estimate of drug-likeness (QED) is 0.171. The van der Waals surface area contributed by atoms with Crippen LogP contribution in [0.2, 0.25) is 0 Å². The number of nitrogens with zero attached hydrogens (tertiary/aromatic N) is 2. The van der Waals surface area contributed by atoms with Gasteiger partial charge in [-0.2, -0.15) is 0 Å². The molecular weight excluding hydrogens is 426 g/mol. The minimum atomic E-state index is -0.347. The van der Waals surface area contributed by atoms with Gasteiger partial charge in [-0.25, -0.2) is 4.79 Å². The molecule has 0 aromatic rings. The summed E-state index contributed by atoms with van der Waals surface area (Å²) in [4.78, 5) is 19.7. The van der Waals surface area contributed by atoms with Crippen molar-refractivity contribution in [1.82, 2.24) is 10.2 Å². The summed E-state index contributed by atoms with van der Waals surface area (Å²) in [7, 11) is 0. The zero-order valence-corrected chi connectivity index (χ0v) is 22.1. The van der Waals surface area contributed by atoms with Crippen LogP contribution in [0.4, 0.5) is 4.79 Å². The molecule has 6 nitrogen and oxygen atoms in total. The number of hydrogen-bond acceptors (Lipinski definition) is 5. The van der Waals surface area contributed by atoms with Crippen LogP contribution in [0.1, 0.15) is 86.0 Å². The van der Waals surface area contributed by atoms with Gasteiger partial charge in [-0.15, -0.1) is 0 Å².